The maximum Gasteiger partial charge on any atom is 0.234 e. The van der Waals surface area contributed by atoms with Crippen molar-refractivity contribution in [2.24, 2.45) is 5.73 Å². The number of benzene rings is 1. The molecular formula is C14H19BrFN3O. The number of likely N-dealkylation sites (tertiary alicyclic amines) is 1. The van der Waals surface area contributed by atoms with Crippen LogP contribution in [0.2, 0.25) is 0 Å². The number of nitrogens with one attached hydrogen (secondary N) is 1. The smallest absolute Gasteiger partial charge is 0.234 e. The van der Waals surface area contributed by atoms with Crippen LogP contribution in [0.15, 0.2) is 22.7 Å². The highest BCUT2D eigenvalue weighted by Crippen LogP contribution is 2.15. The number of piperidine rings is 1. The molecule has 0 aliphatic carbocycles. The van der Waals surface area contributed by atoms with Crippen LogP contribution in [0, 0.1) is 5.82 Å². The zero-order chi connectivity index (χ0) is 14.5. The van der Waals surface area contributed by atoms with E-state index >= 15 is 0 Å². The van der Waals surface area contributed by atoms with Crippen LogP contribution in [-0.4, -0.2) is 36.5 Å². The molecule has 0 aromatic heterocycles. The van der Waals surface area contributed by atoms with Crippen molar-refractivity contribution in [3.63, 3.8) is 0 Å². The summed E-state index contributed by atoms with van der Waals surface area (Å²) in [5.41, 5.74) is 6.30. The number of nitrogens with zero attached hydrogens (tertiary/aromatic N) is 1. The van der Waals surface area contributed by atoms with E-state index in [1.54, 1.807) is 12.1 Å². The lowest BCUT2D eigenvalue weighted by Crippen LogP contribution is -2.44. The van der Waals surface area contributed by atoms with E-state index in [-0.39, 0.29) is 24.3 Å². The van der Waals surface area contributed by atoms with Gasteiger partial charge in [0.1, 0.15) is 5.82 Å². The first-order valence-corrected chi connectivity index (χ1v) is 7.52. The first-order chi connectivity index (χ1) is 9.54. The largest absolute Gasteiger partial charge is 0.351 e. The normalized spacial score (nSPS) is 17.1. The van der Waals surface area contributed by atoms with Crippen LogP contribution in [0.25, 0.3) is 0 Å². The maximum absolute atomic E-state index is 13.5. The van der Waals surface area contributed by atoms with Crippen molar-refractivity contribution in [2.75, 3.05) is 19.6 Å². The summed E-state index contributed by atoms with van der Waals surface area (Å²) in [5.74, 6) is -0.391. The maximum atomic E-state index is 13.5. The molecule has 1 aliphatic heterocycles. The lowest BCUT2D eigenvalue weighted by molar-refractivity contribution is -0.122. The van der Waals surface area contributed by atoms with Gasteiger partial charge in [-0.25, -0.2) is 4.39 Å². The molecule has 0 saturated carbocycles. The van der Waals surface area contributed by atoms with Crippen molar-refractivity contribution in [2.45, 2.75) is 25.4 Å². The molecule has 2 rings (SSSR count). The number of carbonyl (C=O) groups excluding carboxylic acids is 1. The van der Waals surface area contributed by atoms with E-state index in [2.05, 4.69) is 26.1 Å². The Labute approximate surface area is 126 Å². The van der Waals surface area contributed by atoms with Crippen LogP contribution in [0.4, 0.5) is 4.39 Å². The first-order valence-electron chi connectivity index (χ1n) is 6.73. The van der Waals surface area contributed by atoms with Gasteiger partial charge in [-0.15, -0.1) is 0 Å². The van der Waals surface area contributed by atoms with Crippen LogP contribution in [0.3, 0.4) is 0 Å². The molecule has 1 amide bonds. The predicted octanol–water partition coefficient (Wildman–Crippen LogP) is 1.63. The van der Waals surface area contributed by atoms with Crippen LogP contribution in [0.5, 0.6) is 0 Å². The van der Waals surface area contributed by atoms with Gasteiger partial charge in [0.15, 0.2) is 0 Å². The molecule has 0 atom stereocenters. The van der Waals surface area contributed by atoms with Crippen molar-refractivity contribution in [3.05, 3.63) is 34.1 Å². The molecule has 0 unspecified atom stereocenters. The molecule has 1 fully saturated rings. The zero-order valence-corrected chi connectivity index (χ0v) is 12.8. The van der Waals surface area contributed by atoms with Gasteiger partial charge in [0, 0.05) is 35.7 Å². The molecule has 3 N–H and O–H groups in total. The lowest BCUT2D eigenvalue weighted by atomic mass is 10.1. The molecule has 20 heavy (non-hydrogen) atoms. The molecule has 0 radical (unpaired) electrons. The highest BCUT2D eigenvalue weighted by Gasteiger charge is 2.18. The minimum absolute atomic E-state index is 0.0835. The molecule has 110 valence electrons. The van der Waals surface area contributed by atoms with Gasteiger partial charge in [0.25, 0.3) is 0 Å². The Hall–Kier alpha value is -0.980. The van der Waals surface area contributed by atoms with E-state index in [9.17, 15) is 9.18 Å². The molecule has 1 aromatic carbocycles. The third kappa shape index (κ3) is 4.54. The number of rotatable bonds is 4. The van der Waals surface area contributed by atoms with E-state index in [0.717, 1.165) is 30.4 Å². The minimum atomic E-state index is -0.308. The summed E-state index contributed by atoms with van der Waals surface area (Å²) in [5, 5.41) is 2.75. The summed E-state index contributed by atoms with van der Waals surface area (Å²) in [6.07, 6.45) is 1.85. The van der Waals surface area contributed by atoms with Gasteiger partial charge in [-0.1, -0.05) is 15.9 Å². The number of nitrogens with two attached hydrogens (primary N) is 1. The molecule has 1 aliphatic rings. The average Bonchev–Trinajstić information content (AvgIpc) is 2.42. The highest BCUT2D eigenvalue weighted by atomic mass is 79.9. The summed E-state index contributed by atoms with van der Waals surface area (Å²) >= 11 is 3.29. The molecular weight excluding hydrogens is 325 g/mol. The number of hydrogen-bond donors (Lipinski definition) is 2. The Bertz CT molecular complexity index is 475. The second-order valence-corrected chi connectivity index (χ2v) is 6.04. The number of carbonyl (C=O) groups is 1. The molecule has 4 nitrogen and oxygen atoms in total. The highest BCUT2D eigenvalue weighted by molar-refractivity contribution is 9.10. The van der Waals surface area contributed by atoms with Gasteiger partial charge in [0.2, 0.25) is 5.91 Å². The van der Waals surface area contributed by atoms with E-state index in [4.69, 9.17) is 5.73 Å². The second kappa shape index (κ2) is 7.15. The van der Waals surface area contributed by atoms with E-state index in [1.807, 2.05) is 0 Å². The summed E-state index contributed by atoms with van der Waals surface area (Å²) < 4.78 is 14.3. The van der Waals surface area contributed by atoms with Crippen LogP contribution in [-0.2, 0) is 11.3 Å². The van der Waals surface area contributed by atoms with E-state index in [0.29, 0.717) is 12.1 Å². The molecule has 6 heteroatoms. The Kier molecular flexibility index (Phi) is 5.51. The fraction of sp³-hybridized carbons (Fsp3) is 0.500. The third-order valence-corrected chi connectivity index (χ3v) is 3.98. The van der Waals surface area contributed by atoms with Crippen molar-refractivity contribution in [1.29, 1.82) is 0 Å². The van der Waals surface area contributed by atoms with Crippen molar-refractivity contribution < 1.29 is 9.18 Å². The lowest BCUT2D eigenvalue weighted by Gasteiger charge is -2.29. The fourth-order valence-corrected chi connectivity index (χ4v) is 2.65. The first kappa shape index (κ1) is 15.4. The quantitative estimate of drug-likeness (QED) is 0.873. The Morgan fingerprint density at radius 2 is 2.15 bits per heavy atom. The van der Waals surface area contributed by atoms with Crippen molar-refractivity contribution in [3.8, 4) is 0 Å². The van der Waals surface area contributed by atoms with Crippen LogP contribution < -0.4 is 11.1 Å². The SMILES string of the molecule is NC1CCN(CC(=O)NCc2cc(Br)ccc2F)CC1. The number of halogens is 2. The third-order valence-electron chi connectivity index (χ3n) is 3.48. The summed E-state index contributed by atoms with van der Waals surface area (Å²) in [6, 6.07) is 4.95. The summed E-state index contributed by atoms with van der Waals surface area (Å²) in [4.78, 5) is 13.9. The molecule has 1 saturated heterocycles. The van der Waals surface area contributed by atoms with E-state index < -0.39 is 0 Å². The van der Waals surface area contributed by atoms with Gasteiger partial charge in [-0.05, 0) is 31.0 Å². The summed E-state index contributed by atoms with van der Waals surface area (Å²) in [6.45, 7) is 2.25. The molecule has 0 bridgehead atoms. The van der Waals surface area contributed by atoms with Gasteiger partial charge in [0.05, 0.1) is 6.54 Å². The Balaban J connectivity index is 1.79. The standard InChI is InChI=1S/C14H19BrFN3O/c15-11-1-2-13(16)10(7-11)8-18-14(20)9-19-5-3-12(17)4-6-19/h1-2,7,12H,3-6,8-9,17H2,(H,18,20). The monoisotopic (exact) mass is 343 g/mol. The average molecular weight is 344 g/mol. The Morgan fingerprint density at radius 3 is 2.85 bits per heavy atom. The number of amides is 1. The topological polar surface area (TPSA) is 58.4 Å². The van der Waals surface area contributed by atoms with Gasteiger partial charge >= 0.3 is 0 Å². The predicted molar refractivity (Wildman–Crippen MR) is 79.6 cm³/mol. The fourth-order valence-electron chi connectivity index (χ4n) is 2.24. The van der Waals surface area contributed by atoms with Crippen molar-refractivity contribution in [1.82, 2.24) is 10.2 Å². The summed E-state index contributed by atoms with van der Waals surface area (Å²) in [7, 11) is 0. The zero-order valence-electron chi connectivity index (χ0n) is 11.2. The Morgan fingerprint density at radius 1 is 1.45 bits per heavy atom. The van der Waals surface area contributed by atoms with E-state index in [1.165, 1.54) is 6.07 Å². The molecule has 0 spiro atoms. The second-order valence-electron chi connectivity index (χ2n) is 5.13. The van der Waals surface area contributed by atoms with Crippen LogP contribution >= 0.6 is 15.9 Å². The van der Waals surface area contributed by atoms with Crippen molar-refractivity contribution >= 4 is 21.8 Å². The van der Waals surface area contributed by atoms with Crippen LogP contribution in [0.1, 0.15) is 18.4 Å². The molecule has 1 aromatic rings. The minimum Gasteiger partial charge on any atom is -0.351 e. The van der Waals surface area contributed by atoms with Gasteiger partial charge in [-0.2, -0.15) is 0 Å². The van der Waals surface area contributed by atoms with Gasteiger partial charge < -0.3 is 11.1 Å². The number of hydrogen-bond acceptors (Lipinski definition) is 3. The molecule has 1 heterocycles. The van der Waals surface area contributed by atoms with Gasteiger partial charge in [-0.3, -0.25) is 9.69 Å².